The van der Waals surface area contributed by atoms with E-state index in [1.165, 1.54) is 18.4 Å². The molecule has 1 N–H and O–H groups in total. The molecule has 0 saturated carbocycles. The quantitative estimate of drug-likeness (QED) is 0.726. The van der Waals surface area contributed by atoms with Gasteiger partial charge in [-0.15, -0.1) is 0 Å². The van der Waals surface area contributed by atoms with E-state index in [9.17, 15) is 13.2 Å². The summed E-state index contributed by atoms with van der Waals surface area (Å²) in [5.74, 6) is 0.431. The molecule has 1 aliphatic rings. The molecule has 0 bridgehead atoms. The highest BCUT2D eigenvalue weighted by Crippen LogP contribution is 2.18. The van der Waals surface area contributed by atoms with Crippen molar-refractivity contribution in [2.45, 2.75) is 18.9 Å². The molecule has 25 heavy (non-hydrogen) atoms. The maximum atomic E-state index is 12.2. The summed E-state index contributed by atoms with van der Waals surface area (Å²) in [5.41, 5.74) is 1.05. The number of aryl methyl sites for hydroxylation is 1. The molecule has 0 aromatic heterocycles. The Morgan fingerprint density at radius 1 is 1.28 bits per heavy atom. The maximum Gasteiger partial charge on any atom is 0.220 e. The van der Waals surface area contributed by atoms with Crippen molar-refractivity contribution in [1.29, 1.82) is 0 Å². The van der Waals surface area contributed by atoms with E-state index >= 15 is 0 Å². The number of nitrogens with zero attached hydrogens (tertiary/aromatic N) is 1. The number of hydrogen-bond acceptors (Lipinski definition) is 5. The third-order valence-electron chi connectivity index (χ3n) is 4.33. The van der Waals surface area contributed by atoms with E-state index in [4.69, 9.17) is 9.47 Å². The third-order valence-corrected chi connectivity index (χ3v) is 6.29. The Labute approximate surface area is 149 Å². The zero-order valence-corrected chi connectivity index (χ0v) is 15.7. The molecule has 0 radical (unpaired) electrons. The normalized spacial score (nSPS) is 20.6. The van der Waals surface area contributed by atoms with E-state index < -0.39 is 10.0 Å². The molecule has 1 fully saturated rings. The van der Waals surface area contributed by atoms with E-state index in [0.29, 0.717) is 26.1 Å². The van der Waals surface area contributed by atoms with Crippen LogP contribution >= 0.6 is 0 Å². The molecule has 140 valence electrons. The minimum Gasteiger partial charge on any atom is -0.497 e. The highest BCUT2D eigenvalue weighted by molar-refractivity contribution is 7.89. The van der Waals surface area contributed by atoms with Crippen molar-refractivity contribution >= 4 is 15.9 Å². The van der Waals surface area contributed by atoms with Gasteiger partial charge in [0.2, 0.25) is 15.9 Å². The van der Waals surface area contributed by atoms with Gasteiger partial charge in [0, 0.05) is 26.4 Å². The molecule has 1 aliphatic heterocycles. The fourth-order valence-electron chi connectivity index (χ4n) is 2.67. The van der Waals surface area contributed by atoms with Gasteiger partial charge in [0.15, 0.2) is 0 Å². The van der Waals surface area contributed by atoms with Crippen molar-refractivity contribution in [3.63, 3.8) is 0 Å². The number of sulfonamides is 1. The SMILES string of the molecule is COc1ccc(CCC(=O)NC2COCC2CS(=O)(=O)N(C)C)cc1. The molecule has 2 atom stereocenters. The van der Waals surface area contributed by atoms with Crippen LogP contribution in [0.4, 0.5) is 0 Å². The molecule has 0 spiro atoms. The van der Waals surface area contributed by atoms with Crippen LogP contribution in [0.5, 0.6) is 5.75 Å². The number of rotatable bonds is 8. The van der Waals surface area contributed by atoms with E-state index in [-0.39, 0.29) is 23.6 Å². The molecule has 2 unspecified atom stereocenters. The van der Waals surface area contributed by atoms with Crippen molar-refractivity contribution in [1.82, 2.24) is 9.62 Å². The second-order valence-corrected chi connectivity index (χ2v) is 8.61. The monoisotopic (exact) mass is 370 g/mol. The summed E-state index contributed by atoms with van der Waals surface area (Å²) in [6.45, 7) is 0.693. The van der Waals surface area contributed by atoms with Gasteiger partial charge in [-0.25, -0.2) is 12.7 Å². The Kier molecular flexibility index (Phi) is 6.80. The predicted octanol–water partition coefficient (Wildman–Crippen LogP) is 0.650. The Morgan fingerprint density at radius 2 is 1.96 bits per heavy atom. The van der Waals surface area contributed by atoms with Gasteiger partial charge >= 0.3 is 0 Å². The first-order chi connectivity index (χ1) is 11.8. The van der Waals surface area contributed by atoms with Crippen LogP contribution in [0.25, 0.3) is 0 Å². The Morgan fingerprint density at radius 3 is 2.56 bits per heavy atom. The van der Waals surface area contributed by atoms with Crippen LogP contribution in [0, 0.1) is 5.92 Å². The van der Waals surface area contributed by atoms with Gasteiger partial charge < -0.3 is 14.8 Å². The number of hydrogen-bond donors (Lipinski definition) is 1. The first kappa shape index (κ1) is 19.7. The summed E-state index contributed by atoms with van der Waals surface area (Å²) in [5, 5.41) is 2.91. The summed E-state index contributed by atoms with van der Waals surface area (Å²) in [4.78, 5) is 12.2. The molecule has 1 aromatic carbocycles. The highest BCUT2D eigenvalue weighted by Gasteiger charge is 2.33. The summed E-state index contributed by atoms with van der Waals surface area (Å²) in [6.07, 6.45) is 0.958. The van der Waals surface area contributed by atoms with E-state index in [2.05, 4.69) is 5.32 Å². The number of methoxy groups -OCH3 is 1. The number of nitrogens with one attached hydrogen (secondary N) is 1. The van der Waals surface area contributed by atoms with Crippen molar-refractivity contribution < 1.29 is 22.7 Å². The predicted molar refractivity (Wildman–Crippen MR) is 95.0 cm³/mol. The number of carbonyl (C=O) groups excluding carboxylic acids is 1. The zero-order valence-electron chi connectivity index (χ0n) is 14.9. The standard InChI is InChI=1S/C17H26N2O5S/c1-19(2)25(21,22)12-14-10-24-11-16(14)18-17(20)9-6-13-4-7-15(23-3)8-5-13/h4-5,7-8,14,16H,6,9-12H2,1-3H3,(H,18,20). The molecule has 8 heteroatoms. The summed E-state index contributed by atoms with van der Waals surface area (Å²) in [6, 6.07) is 7.31. The van der Waals surface area contributed by atoms with Crippen molar-refractivity contribution in [3.8, 4) is 5.75 Å². The smallest absolute Gasteiger partial charge is 0.220 e. The van der Waals surface area contributed by atoms with Gasteiger partial charge in [-0.2, -0.15) is 0 Å². The molecular formula is C17H26N2O5S. The second kappa shape index (κ2) is 8.64. The summed E-state index contributed by atoms with van der Waals surface area (Å²) in [7, 11) is 1.30. The molecule has 0 aliphatic carbocycles. The zero-order chi connectivity index (χ0) is 18.4. The third kappa shape index (κ3) is 5.69. The lowest BCUT2D eigenvalue weighted by Crippen LogP contribution is -2.43. The summed E-state index contributed by atoms with van der Waals surface area (Å²) < 4.78 is 35.7. The van der Waals surface area contributed by atoms with Crippen molar-refractivity contribution in [2.24, 2.45) is 5.92 Å². The van der Waals surface area contributed by atoms with Crippen LogP contribution in [0.3, 0.4) is 0 Å². The Hall–Kier alpha value is -1.64. The number of amides is 1. The maximum absolute atomic E-state index is 12.2. The highest BCUT2D eigenvalue weighted by atomic mass is 32.2. The van der Waals surface area contributed by atoms with Gasteiger partial charge in [-0.05, 0) is 24.1 Å². The topological polar surface area (TPSA) is 84.9 Å². The van der Waals surface area contributed by atoms with Crippen molar-refractivity contribution in [3.05, 3.63) is 29.8 Å². The van der Waals surface area contributed by atoms with E-state index in [1.54, 1.807) is 7.11 Å². The molecule has 1 heterocycles. The van der Waals surface area contributed by atoms with Crippen LogP contribution in [0.15, 0.2) is 24.3 Å². The molecule has 1 amide bonds. The van der Waals surface area contributed by atoms with Crippen molar-refractivity contribution in [2.75, 3.05) is 40.2 Å². The number of benzene rings is 1. The largest absolute Gasteiger partial charge is 0.497 e. The van der Waals surface area contributed by atoms with Crippen LogP contribution < -0.4 is 10.1 Å². The minimum atomic E-state index is -3.32. The van der Waals surface area contributed by atoms with E-state index in [1.807, 2.05) is 24.3 Å². The van der Waals surface area contributed by atoms with Crippen LogP contribution in [-0.4, -0.2) is 64.8 Å². The lowest BCUT2D eigenvalue weighted by Gasteiger charge is -2.21. The molecule has 2 rings (SSSR count). The Bertz CT molecular complexity index is 673. The summed E-state index contributed by atoms with van der Waals surface area (Å²) >= 11 is 0. The van der Waals surface area contributed by atoms with Crippen LogP contribution in [-0.2, 0) is 26.0 Å². The minimum absolute atomic E-state index is 0.0244. The second-order valence-electron chi connectivity index (χ2n) is 6.38. The average Bonchev–Trinajstić information content (AvgIpc) is 2.99. The fraction of sp³-hybridized carbons (Fsp3) is 0.588. The molecule has 7 nitrogen and oxygen atoms in total. The van der Waals surface area contributed by atoms with Gasteiger partial charge in [0.25, 0.3) is 0 Å². The molecular weight excluding hydrogens is 344 g/mol. The van der Waals surface area contributed by atoms with Crippen LogP contribution in [0.2, 0.25) is 0 Å². The van der Waals surface area contributed by atoms with Gasteiger partial charge in [0.05, 0.1) is 32.1 Å². The molecule has 1 saturated heterocycles. The number of carbonyl (C=O) groups is 1. The molecule has 1 aromatic rings. The first-order valence-corrected chi connectivity index (χ1v) is 9.83. The first-order valence-electron chi connectivity index (χ1n) is 8.22. The van der Waals surface area contributed by atoms with Crippen LogP contribution in [0.1, 0.15) is 12.0 Å². The number of ether oxygens (including phenoxy) is 2. The van der Waals surface area contributed by atoms with Gasteiger partial charge in [-0.1, -0.05) is 12.1 Å². The fourth-order valence-corrected chi connectivity index (χ4v) is 3.84. The lowest BCUT2D eigenvalue weighted by atomic mass is 10.1. The lowest BCUT2D eigenvalue weighted by molar-refractivity contribution is -0.121. The average molecular weight is 370 g/mol. The Balaban J connectivity index is 1.84. The van der Waals surface area contributed by atoms with E-state index in [0.717, 1.165) is 11.3 Å². The van der Waals surface area contributed by atoms with Gasteiger partial charge in [-0.3, -0.25) is 4.79 Å². The van der Waals surface area contributed by atoms with Gasteiger partial charge in [0.1, 0.15) is 5.75 Å².